The van der Waals surface area contributed by atoms with E-state index in [0.717, 1.165) is 24.0 Å². The zero-order valence-electron chi connectivity index (χ0n) is 15.6. The van der Waals surface area contributed by atoms with Crippen molar-refractivity contribution in [2.24, 2.45) is 0 Å². The lowest BCUT2D eigenvalue weighted by molar-refractivity contribution is 0.457. The Hall–Kier alpha value is -0.980. The summed E-state index contributed by atoms with van der Waals surface area (Å²) in [6, 6.07) is 6.33. The summed E-state index contributed by atoms with van der Waals surface area (Å²) in [4.78, 5) is 0. The van der Waals surface area contributed by atoms with Crippen LogP contribution in [0.15, 0.2) is 18.2 Å². The molecule has 0 radical (unpaired) electrons. The number of para-hydroxylation sites is 1. The molecule has 0 aliphatic heterocycles. The van der Waals surface area contributed by atoms with Gasteiger partial charge < -0.3 is 5.11 Å². The third kappa shape index (κ3) is 9.03. The minimum absolute atomic E-state index is 0.578. The fourth-order valence-electron chi connectivity index (χ4n) is 3.24. The Labute approximate surface area is 144 Å². The lowest BCUT2D eigenvalue weighted by Gasteiger charge is -2.10. The average molecular weight is 319 g/mol. The van der Waals surface area contributed by atoms with E-state index in [1.165, 1.54) is 77.0 Å². The van der Waals surface area contributed by atoms with Crippen molar-refractivity contribution >= 4 is 0 Å². The van der Waals surface area contributed by atoms with E-state index in [1.54, 1.807) is 0 Å². The first-order valence-corrected chi connectivity index (χ1v) is 10.1. The highest BCUT2D eigenvalue weighted by atomic mass is 16.3. The highest BCUT2D eigenvalue weighted by molar-refractivity contribution is 5.40. The zero-order chi connectivity index (χ0) is 16.8. The monoisotopic (exact) mass is 318 g/mol. The SMILES string of the molecule is CCCCCCCCc1cccc(CCCCCCCC)c1O. The Kier molecular flexibility index (Phi) is 11.7. The number of rotatable bonds is 14. The van der Waals surface area contributed by atoms with Crippen molar-refractivity contribution in [3.63, 3.8) is 0 Å². The van der Waals surface area contributed by atoms with E-state index < -0.39 is 0 Å². The highest BCUT2D eigenvalue weighted by Crippen LogP contribution is 2.26. The summed E-state index contributed by atoms with van der Waals surface area (Å²) in [5.41, 5.74) is 2.31. The minimum atomic E-state index is 0.578. The van der Waals surface area contributed by atoms with Gasteiger partial charge in [-0.25, -0.2) is 0 Å². The van der Waals surface area contributed by atoms with E-state index in [0.29, 0.717) is 5.75 Å². The number of phenolic OH excluding ortho intramolecular Hbond substituents is 1. The quantitative estimate of drug-likeness (QED) is 0.360. The molecular formula is C22H38O. The van der Waals surface area contributed by atoms with Gasteiger partial charge in [0.05, 0.1) is 0 Å². The maximum absolute atomic E-state index is 10.5. The summed E-state index contributed by atoms with van der Waals surface area (Å²) in [6.45, 7) is 4.51. The number of hydrogen-bond acceptors (Lipinski definition) is 1. The van der Waals surface area contributed by atoms with Crippen molar-refractivity contribution in [1.29, 1.82) is 0 Å². The van der Waals surface area contributed by atoms with Crippen LogP contribution >= 0.6 is 0 Å². The lowest BCUT2D eigenvalue weighted by Crippen LogP contribution is -1.93. The molecule has 1 heteroatoms. The highest BCUT2D eigenvalue weighted by Gasteiger charge is 2.06. The molecule has 23 heavy (non-hydrogen) atoms. The van der Waals surface area contributed by atoms with Gasteiger partial charge in [0.2, 0.25) is 0 Å². The maximum Gasteiger partial charge on any atom is 0.121 e. The molecule has 0 amide bonds. The van der Waals surface area contributed by atoms with Crippen molar-refractivity contribution in [2.45, 2.75) is 104 Å². The van der Waals surface area contributed by atoms with Crippen LogP contribution in [0.25, 0.3) is 0 Å². The predicted octanol–water partition coefficient (Wildman–Crippen LogP) is 7.20. The molecule has 0 saturated carbocycles. The fraction of sp³-hybridized carbons (Fsp3) is 0.727. The Morgan fingerprint density at radius 2 is 1.00 bits per heavy atom. The molecule has 0 unspecified atom stereocenters. The Bertz CT molecular complexity index is 363. The third-order valence-corrected chi connectivity index (χ3v) is 4.80. The molecule has 1 N–H and O–H groups in total. The normalized spacial score (nSPS) is 11.0. The summed E-state index contributed by atoms with van der Waals surface area (Å²) in [5.74, 6) is 0.578. The summed E-state index contributed by atoms with van der Waals surface area (Å²) >= 11 is 0. The van der Waals surface area contributed by atoms with Gasteiger partial charge >= 0.3 is 0 Å². The Morgan fingerprint density at radius 1 is 0.609 bits per heavy atom. The van der Waals surface area contributed by atoms with Crippen LogP contribution in [0.2, 0.25) is 0 Å². The number of aryl methyl sites for hydroxylation is 2. The minimum Gasteiger partial charge on any atom is -0.507 e. The van der Waals surface area contributed by atoms with Gasteiger partial charge in [-0.1, -0.05) is 96.3 Å². The predicted molar refractivity (Wildman–Crippen MR) is 102 cm³/mol. The van der Waals surface area contributed by atoms with Crippen LogP contribution in [-0.4, -0.2) is 5.11 Å². The molecule has 0 heterocycles. The second-order valence-corrected chi connectivity index (χ2v) is 6.96. The van der Waals surface area contributed by atoms with E-state index >= 15 is 0 Å². The van der Waals surface area contributed by atoms with Crippen molar-refractivity contribution in [1.82, 2.24) is 0 Å². The summed E-state index contributed by atoms with van der Waals surface area (Å²) in [7, 11) is 0. The number of benzene rings is 1. The van der Waals surface area contributed by atoms with E-state index in [-0.39, 0.29) is 0 Å². The second-order valence-electron chi connectivity index (χ2n) is 6.96. The molecular weight excluding hydrogens is 280 g/mol. The first-order valence-electron chi connectivity index (χ1n) is 10.1. The molecule has 0 atom stereocenters. The van der Waals surface area contributed by atoms with Gasteiger partial charge in [0.15, 0.2) is 0 Å². The van der Waals surface area contributed by atoms with Crippen LogP contribution in [0, 0.1) is 0 Å². The number of phenols is 1. The molecule has 0 bridgehead atoms. The molecule has 132 valence electrons. The van der Waals surface area contributed by atoms with Crippen LogP contribution in [0.3, 0.4) is 0 Å². The van der Waals surface area contributed by atoms with E-state index in [9.17, 15) is 5.11 Å². The topological polar surface area (TPSA) is 20.2 Å². The molecule has 0 spiro atoms. The first-order chi connectivity index (χ1) is 11.3. The van der Waals surface area contributed by atoms with Crippen LogP contribution in [-0.2, 0) is 12.8 Å². The van der Waals surface area contributed by atoms with Gasteiger partial charge in [0.1, 0.15) is 5.75 Å². The molecule has 0 aromatic heterocycles. The molecule has 0 fully saturated rings. The number of unbranched alkanes of at least 4 members (excludes halogenated alkanes) is 10. The molecule has 1 aromatic carbocycles. The van der Waals surface area contributed by atoms with E-state index in [1.807, 2.05) is 0 Å². The average Bonchev–Trinajstić information content (AvgIpc) is 2.56. The molecule has 0 aliphatic carbocycles. The zero-order valence-corrected chi connectivity index (χ0v) is 15.6. The lowest BCUT2D eigenvalue weighted by atomic mass is 9.98. The standard InChI is InChI=1S/C22H38O/c1-3-5-7-9-11-13-16-20-18-15-19-21(22(20)23)17-14-12-10-8-6-4-2/h15,18-19,23H,3-14,16-17H2,1-2H3. The molecule has 0 aliphatic rings. The van der Waals surface area contributed by atoms with Gasteiger partial charge in [-0.2, -0.15) is 0 Å². The summed E-state index contributed by atoms with van der Waals surface area (Å²) < 4.78 is 0. The van der Waals surface area contributed by atoms with Crippen molar-refractivity contribution in [3.05, 3.63) is 29.3 Å². The van der Waals surface area contributed by atoms with Crippen molar-refractivity contribution in [3.8, 4) is 5.75 Å². The Balaban J connectivity index is 2.27. The van der Waals surface area contributed by atoms with Gasteiger partial charge in [0.25, 0.3) is 0 Å². The van der Waals surface area contributed by atoms with Crippen LogP contribution < -0.4 is 0 Å². The number of aromatic hydroxyl groups is 1. The van der Waals surface area contributed by atoms with E-state index in [2.05, 4.69) is 32.0 Å². The van der Waals surface area contributed by atoms with Gasteiger partial charge in [0, 0.05) is 0 Å². The van der Waals surface area contributed by atoms with Crippen LogP contribution in [0.1, 0.15) is 102 Å². The molecule has 1 aromatic rings. The van der Waals surface area contributed by atoms with Crippen LogP contribution in [0.5, 0.6) is 5.75 Å². The molecule has 1 nitrogen and oxygen atoms in total. The number of hydrogen-bond donors (Lipinski definition) is 1. The van der Waals surface area contributed by atoms with Gasteiger partial charge in [-0.15, -0.1) is 0 Å². The van der Waals surface area contributed by atoms with Crippen LogP contribution in [0.4, 0.5) is 0 Å². The van der Waals surface area contributed by atoms with E-state index in [4.69, 9.17) is 0 Å². The van der Waals surface area contributed by atoms with Crippen molar-refractivity contribution in [2.75, 3.05) is 0 Å². The second kappa shape index (κ2) is 13.5. The molecule has 1 rings (SSSR count). The molecule has 0 saturated heterocycles. The summed E-state index contributed by atoms with van der Waals surface area (Å²) in [5, 5.41) is 10.5. The summed E-state index contributed by atoms with van der Waals surface area (Å²) in [6.07, 6.45) is 17.8. The third-order valence-electron chi connectivity index (χ3n) is 4.80. The first kappa shape index (κ1) is 20.1. The smallest absolute Gasteiger partial charge is 0.121 e. The fourth-order valence-corrected chi connectivity index (χ4v) is 3.24. The van der Waals surface area contributed by atoms with Gasteiger partial charge in [-0.05, 0) is 36.8 Å². The largest absolute Gasteiger partial charge is 0.507 e. The maximum atomic E-state index is 10.5. The van der Waals surface area contributed by atoms with Crippen molar-refractivity contribution < 1.29 is 5.11 Å². The van der Waals surface area contributed by atoms with Gasteiger partial charge in [-0.3, -0.25) is 0 Å². The Morgan fingerprint density at radius 3 is 1.43 bits per heavy atom.